The number of anilines is 1. The van der Waals surface area contributed by atoms with Gasteiger partial charge in [0.25, 0.3) is 0 Å². The third-order valence-corrected chi connectivity index (χ3v) is 5.87. The molecule has 2 N–H and O–H groups in total. The maximum absolute atomic E-state index is 12.2. The summed E-state index contributed by atoms with van der Waals surface area (Å²) in [4.78, 5) is 16.1. The number of hydrogen-bond donors (Lipinski definition) is 1. The largest absolute Gasteiger partial charge is 0.384 e. The second-order valence-electron chi connectivity index (χ2n) is 4.10. The van der Waals surface area contributed by atoms with Crippen molar-refractivity contribution in [2.24, 2.45) is 0 Å². The van der Waals surface area contributed by atoms with Crippen molar-refractivity contribution < 1.29 is 4.79 Å². The van der Waals surface area contributed by atoms with Crippen LogP contribution < -0.4 is 5.73 Å². The molecule has 0 bridgehead atoms. The van der Waals surface area contributed by atoms with E-state index in [1.807, 2.05) is 17.8 Å². The smallest absolute Gasteiger partial charge is 0.151 e. The van der Waals surface area contributed by atoms with Crippen molar-refractivity contribution >= 4 is 35.1 Å². The summed E-state index contributed by atoms with van der Waals surface area (Å²) in [5, 5.41) is 0.545. The average molecular weight is 268 g/mol. The van der Waals surface area contributed by atoms with Crippen LogP contribution >= 0.6 is 23.5 Å². The van der Waals surface area contributed by atoms with E-state index in [2.05, 4.69) is 11.9 Å². The van der Waals surface area contributed by atoms with Crippen molar-refractivity contribution in [1.82, 2.24) is 4.98 Å². The van der Waals surface area contributed by atoms with Crippen LogP contribution in [0.5, 0.6) is 0 Å². The Labute approximate surface area is 110 Å². The molecule has 2 heterocycles. The van der Waals surface area contributed by atoms with Gasteiger partial charge in [0, 0.05) is 29.4 Å². The Kier molecular flexibility index (Phi) is 4.34. The van der Waals surface area contributed by atoms with E-state index < -0.39 is 0 Å². The van der Waals surface area contributed by atoms with Gasteiger partial charge < -0.3 is 5.73 Å². The lowest BCUT2D eigenvalue weighted by molar-refractivity contribution is -0.117. The molecule has 0 saturated carbocycles. The molecule has 0 aromatic carbocycles. The van der Waals surface area contributed by atoms with Crippen LogP contribution in [0.25, 0.3) is 0 Å². The third-order valence-electron chi connectivity index (χ3n) is 2.73. The number of Topliss-reactive ketones (excluding diaryl/α,β-unsaturated/α-hetero) is 1. The van der Waals surface area contributed by atoms with Gasteiger partial charge in [0.15, 0.2) is 5.78 Å². The molecule has 2 unspecified atom stereocenters. The maximum atomic E-state index is 12.2. The first-order chi connectivity index (χ1) is 8.16. The number of carbonyl (C=O) groups excluding carboxylic acids is 1. The van der Waals surface area contributed by atoms with E-state index in [9.17, 15) is 4.79 Å². The predicted octanol–water partition coefficient (Wildman–Crippen LogP) is 2.01. The standard InChI is InChI=1S/C12H16N2OS2/c1-8-12(17-5-4-16-8)10(15)6-9-2-3-14-11(13)7-9/h2-3,7-8,12H,4-6H2,1H3,(H2,13,14). The molecular formula is C12H16N2OS2. The Hall–Kier alpha value is -0.680. The highest BCUT2D eigenvalue weighted by molar-refractivity contribution is 8.07. The summed E-state index contributed by atoms with van der Waals surface area (Å²) in [6, 6.07) is 3.64. The number of carbonyl (C=O) groups is 1. The molecule has 1 aromatic heterocycles. The van der Waals surface area contributed by atoms with Crippen molar-refractivity contribution in [1.29, 1.82) is 0 Å². The highest BCUT2D eigenvalue weighted by Crippen LogP contribution is 2.32. The number of hydrogen-bond acceptors (Lipinski definition) is 5. The lowest BCUT2D eigenvalue weighted by Crippen LogP contribution is -2.32. The van der Waals surface area contributed by atoms with Gasteiger partial charge in [-0.05, 0) is 17.7 Å². The molecule has 3 nitrogen and oxygen atoms in total. The highest BCUT2D eigenvalue weighted by Gasteiger charge is 2.28. The molecule has 1 aliphatic heterocycles. The first kappa shape index (κ1) is 12.8. The van der Waals surface area contributed by atoms with Crippen LogP contribution in [0.2, 0.25) is 0 Å². The van der Waals surface area contributed by atoms with Crippen LogP contribution in [-0.2, 0) is 11.2 Å². The Bertz CT molecular complexity index is 411. The van der Waals surface area contributed by atoms with Crippen LogP contribution in [0.1, 0.15) is 12.5 Å². The van der Waals surface area contributed by atoms with Gasteiger partial charge in [-0.1, -0.05) is 6.92 Å². The Balaban J connectivity index is 2.01. The molecule has 1 fully saturated rings. The molecule has 2 rings (SSSR count). The maximum Gasteiger partial charge on any atom is 0.151 e. The van der Waals surface area contributed by atoms with Crippen molar-refractivity contribution in [3.63, 3.8) is 0 Å². The molecule has 0 amide bonds. The lowest BCUT2D eigenvalue weighted by atomic mass is 10.1. The fourth-order valence-corrected chi connectivity index (χ4v) is 4.63. The van der Waals surface area contributed by atoms with Gasteiger partial charge in [-0.2, -0.15) is 11.8 Å². The summed E-state index contributed by atoms with van der Waals surface area (Å²) in [5.41, 5.74) is 6.57. The zero-order chi connectivity index (χ0) is 12.3. The summed E-state index contributed by atoms with van der Waals surface area (Å²) < 4.78 is 0. The lowest BCUT2D eigenvalue weighted by Gasteiger charge is -2.26. The van der Waals surface area contributed by atoms with E-state index in [0.29, 0.717) is 23.3 Å². The van der Waals surface area contributed by atoms with Crippen LogP contribution in [0.15, 0.2) is 18.3 Å². The summed E-state index contributed by atoms with van der Waals surface area (Å²) >= 11 is 3.68. The molecule has 92 valence electrons. The third kappa shape index (κ3) is 3.39. The zero-order valence-electron chi connectivity index (χ0n) is 9.76. The highest BCUT2D eigenvalue weighted by atomic mass is 32.2. The van der Waals surface area contributed by atoms with E-state index in [1.165, 1.54) is 0 Å². The molecular weight excluding hydrogens is 252 g/mol. The van der Waals surface area contributed by atoms with Crippen LogP contribution in [0, 0.1) is 0 Å². The van der Waals surface area contributed by atoms with E-state index in [1.54, 1.807) is 24.0 Å². The van der Waals surface area contributed by atoms with E-state index in [4.69, 9.17) is 5.73 Å². The van der Waals surface area contributed by atoms with Gasteiger partial charge in [-0.25, -0.2) is 4.98 Å². The fraction of sp³-hybridized carbons (Fsp3) is 0.500. The molecule has 0 spiro atoms. The Morgan fingerprint density at radius 3 is 3.00 bits per heavy atom. The molecule has 1 saturated heterocycles. The molecule has 1 aliphatic rings. The first-order valence-corrected chi connectivity index (χ1v) is 7.73. The summed E-state index contributed by atoms with van der Waals surface area (Å²) in [6.07, 6.45) is 2.12. The van der Waals surface area contributed by atoms with Gasteiger partial charge in [-0.15, -0.1) is 11.8 Å². The quantitative estimate of drug-likeness (QED) is 0.909. The fourth-order valence-electron chi connectivity index (χ4n) is 1.89. The van der Waals surface area contributed by atoms with Crippen molar-refractivity contribution in [2.45, 2.75) is 23.8 Å². The van der Waals surface area contributed by atoms with Gasteiger partial charge in [0.1, 0.15) is 5.82 Å². The molecule has 1 aromatic rings. The predicted molar refractivity (Wildman–Crippen MR) is 75.5 cm³/mol. The van der Waals surface area contributed by atoms with E-state index >= 15 is 0 Å². The van der Waals surface area contributed by atoms with Gasteiger partial charge in [0.2, 0.25) is 0 Å². The van der Waals surface area contributed by atoms with Gasteiger partial charge >= 0.3 is 0 Å². The van der Waals surface area contributed by atoms with Crippen LogP contribution in [0.3, 0.4) is 0 Å². The van der Waals surface area contributed by atoms with Gasteiger partial charge in [-0.3, -0.25) is 4.79 Å². The minimum Gasteiger partial charge on any atom is -0.384 e. The van der Waals surface area contributed by atoms with E-state index in [0.717, 1.165) is 17.1 Å². The molecule has 2 atom stereocenters. The number of rotatable bonds is 3. The van der Waals surface area contributed by atoms with Crippen LogP contribution in [-0.4, -0.2) is 32.8 Å². The first-order valence-electron chi connectivity index (χ1n) is 5.63. The molecule has 0 aliphatic carbocycles. The normalized spacial score (nSPS) is 24.5. The van der Waals surface area contributed by atoms with E-state index in [-0.39, 0.29) is 5.25 Å². The summed E-state index contributed by atoms with van der Waals surface area (Å²) in [6.45, 7) is 2.14. The molecule has 17 heavy (non-hydrogen) atoms. The second-order valence-corrected chi connectivity index (χ2v) is 6.83. The van der Waals surface area contributed by atoms with Crippen LogP contribution in [0.4, 0.5) is 5.82 Å². The number of ketones is 1. The second kappa shape index (κ2) is 5.78. The van der Waals surface area contributed by atoms with Crippen molar-refractivity contribution in [3.05, 3.63) is 23.9 Å². The Morgan fingerprint density at radius 2 is 2.29 bits per heavy atom. The summed E-state index contributed by atoms with van der Waals surface area (Å²) in [7, 11) is 0. The molecule has 5 heteroatoms. The van der Waals surface area contributed by atoms with Gasteiger partial charge in [0.05, 0.1) is 5.25 Å². The number of aromatic nitrogens is 1. The number of nitrogens with zero attached hydrogens (tertiary/aromatic N) is 1. The number of nitrogens with two attached hydrogens (primary N) is 1. The number of thioether (sulfide) groups is 2. The minimum atomic E-state index is 0.128. The average Bonchev–Trinajstić information content (AvgIpc) is 2.29. The molecule has 0 radical (unpaired) electrons. The topological polar surface area (TPSA) is 56.0 Å². The summed E-state index contributed by atoms with van der Waals surface area (Å²) in [5.74, 6) is 3.01. The minimum absolute atomic E-state index is 0.128. The van der Waals surface area contributed by atoms with Crippen molar-refractivity contribution in [2.75, 3.05) is 17.2 Å². The number of nitrogen functional groups attached to an aromatic ring is 1. The SMILES string of the molecule is CC1SCCSC1C(=O)Cc1ccnc(N)c1. The monoisotopic (exact) mass is 268 g/mol. The zero-order valence-corrected chi connectivity index (χ0v) is 11.4. The Morgan fingerprint density at radius 1 is 1.53 bits per heavy atom. The van der Waals surface area contributed by atoms with Crippen molar-refractivity contribution in [3.8, 4) is 0 Å². The number of pyridine rings is 1.